The van der Waals surface area contributed by atoms with Gasteiger partial charge in [-0.1, -0.05) is 0 Å². The summed E-state index contributed by atoms with van der Waals surface area (Å²) in [6, 6.07) is 3.33. The van der Waals surface area contributed by atoms with Crippen LogP contribution in [-0.2, 0) is 4.79 Å². The first kappa shape index (κ1) is 14.7. The SMILES string of the molecule is NC1CC(CCC(=O)O)CN(c2ccc(F)cc2F)C1. The quantitative estimate of drug-likeness (QED) is 0.887. The van der Waals surface area contributed by atoms with Gasteiger partial charge in [0, 0.05) is 31.6 Å². The number of nitrogens with two attached hydrogens (primary N) is 1. The number of nitrogens with zero attached hydrogens (tertiary/aromatic N) is 1. The normalized spacial score (nSPS) is 22.9. The van der Waals surface area contributed by atoms with Crippen LogP contribution in [0, 0.1) is 17.6 Å². The molecule has 6 heteroatoms. The molecule has 110 valence electrons. The summed E-state index contributed by atoms with van der Waals surface area (Å²) in [5.41, 5.74) is 6.27. The molecule has 0 spiro atoms. The van der Waals surface area contributed by atoms with E-state index in [-0.39, 0.29) is 18.4 Å². The molecule has 0 aromatic heterocycles. The van der Waals surface area contributed by atoms with Crippen molar-refractivity contribution in [2.24, 2.45) is 11.7 Å². The monoisotopic (exact) mass is 284 g/mol. The third-order valence-corrected chi connectivity index (χ3v) is 3.59. The zero-order valence-electron chi connectivity index (χ0n) is 11.1. The second-order valence-corrected chi connectivity index (χ2v) is 5.29. The first-order valence-corrected chi connectivity index (χ1v) is 6.63. The van der Waals surface area contributed by atoms with Crippen molar-refractivity contribution in [2.75, 3.05) is 18.0 Å². The van der Waals surface area contributed by atoms with Crippen LogP contribution in [0.15, 0.2) is 18.2 Å². The van der Waals surface area contributed by atoms with Crippen molar-refractivity contribution in [1.82, 2.24) is 0 Å². The standard InChI is InChI=1S/C14H18F2N2O2/c15-10-2-3-13(12(16)6-10)18-7-9(1-4-14(19)20)5-11(17)8-18/h2-3,6,9,11H,1,4-5,7-8,17H2,(H,19,20). The molecule has 1 aromatic carbocycles. The fourth-order valence-corrected chi connectivity index (χ4v) is 2.72. The Kier molecular flexibility index (Phi) is 4.54. The van der Waals surface area contributed by atoms with Crippen LogP contribution in [0.4, 0.5) is 14.5 Å². The Morgan fingerprint density at radius 3 is 2.80 bits per heavy atom. The Balaban J connectivity index is 2.09. The molecule has 1 fully saturated rings. The molecule has 1 saturated heterocycles. The van der Waals surface area contributed by atoms with Crippen molar-refractivity contribution in [3.8, 4) is 0 Å². The van der Waals surface area contributed by atoms with Gasteiger partial charge < -0.3 is 15.7 Å². The molecular formula is C14H18F2N2O2. The molecule has 2 rings (SSSR count). The van der Waals surface area contributed by atoms with Gasteiger partial charge in [0.05, 0.1) is 5.69 Å². The predicted octanol–water partition coefficient (Wildman–Crippen LogP) is 1.98. The summed E-state index contributed by atoms with van der Waals surface area (Å²) in [4.78, 5) is 12.4. The Hall–Kier alpha value is -1.69. The number of piperidine rings is 1. The minimum atomic E-state index is -0.844. The van der Waals surface area contributed by atoms with Gasteiger partial charge in [-0.05, 0) is 30.9 Å². The molecule has 2 atom stereocenters. The molecule has 1 aromatic rings. The number of halogens is 2. The highest BCUT2D eigenvalue weighted by Crippen LogP contribution is 2.27. The third kappa shape index (κ3) is 3.66. The summed E-state index contributed by atoms with van der Waals surface area (Å²) in [6.45, 7) is 1.04. The molecular weight excluding hydrogens is 266 g/mol. The summed E-state index contributed by atoms with van der Waals surface area (Å²) in [5.74, 6) is -1.96. The number of benzene rings is 1. The van der Waals surface area contributed by atoms with Crippen LogP contribution in [0.3, 0.4) is 0 Å². The lowest BCUT2D eigenvalue weighted by molar-refractivity contribution is -0.137. The fourth-order valence-electron chi connectivity index (χ4n) is 2.72. The first-order valence-electron chi connectivity index (χ1n) is 6.63. The lowest BCUT2D eigenvalue weighted by atomic mass is 9.90. The maximum Gasteiger partial charge on any atom is 0.303 e. The van der Waals surface area contributed by atoms with Crippen LogP contribution >= 0.6 is 0 Å². The van der Waals surface area contributed by atoms with Gasteiger partial charge in [0.15, 0.2) is 0 Å². The minimum absolute atomic E-state index is 0.0805. The Bertz CT molecular complexity index is 496. The van der Waals surface area contributed by atoms with E-state index in [1.807, 2.05) is 0 Å². The third-order valence-electron chi connectivity index (χ3n) is 3.59. The number of aliphatic carboxylic acids is 1. The summed E-state index contributed by atoms with van der Waals surface area (Å²) in [5, 5.41) is 8.72. The molecule has 1 heterocycles. The van der Waals surface area contributed by atoms with Crippen molar-refractivity contribution in [2.45, 2.75) is 25.3 Å². The highest BCUT2D eigenvalue weighted by Gasteiger charge is 2.27. The summed E-state index contributed by atoms with van der Waals surface area (Å²) < 4.78 is 26.7. The molecule has 3 N–H and O–H groups in total. The molecule has 0 aliphatic carbocycles. The van der Waals surface area contributed by atoms with Gasteiger partial charge in [-0.3, -0.25) is 4.79 Å². The lowest BCUT2D eigenvalue weighted by Gasteiger charge is -2.37. The maximum absolute atomic E-state index is 13.8. The van der Waals surface area contributed by atoms with E-state index in [1.165, 1.54) is 12.1 Å². The van der Waals surface area contributed by atoms with Gasteiger partial charge >= 0.3 is 5.97 Å². The number of carboxylic acid groups (broad SMARTS) is 1. The van der Waals surface area contributed by atoms with Crippen molar-refractivity contribution in [3.63, 3.8) is 0 Å². The van der Waals surface area contributed by atoms with E-state index in [4.69, 9.17) is 10.8 Å². The molecule has 20 heavy (non-hydrogen) atoms. The summed E-state index contributed by atoms with van der Waals surface area (Å²) in [6.07, 6.45) is 1.33. The van der Waals surface area contributed by atoms with Gasteiger partial charge in [-0.15, -0.1) is 0 Å². The second-order valence-electron chi connectivity index (χ2n) is 5.29. The largest absolute Gasteiger partial charge is 0.481 e. The van der Waals surface area contributed by atoms with Crippen LogP contribution < -0.4 is 10.6 Å². The Morgan fingerprint density at radius 2 is 2.15 bits per heavy atom. The average Bonchev–Trinajstić information content (AvgIpc) is 2.35. The van der Waals surface area contributed by atoms with Crippen LogP contribution in [0.1, 0.15) is 19.3 Å². The highest BCUT2D eigenvalue weighted by molar-refractivity contribution is 5.66. The van der Waals surface area contributed by atoms with E-state index < -0.39 is 17.6 Å². The zero-order chi connectivity index (χ0) is 14.7. The van der Waals surface area contributed by atoms with Crippen LogP contribution in [-0.4, -0.2) is 30.2 Å². The Labute approximate surface area is 116 Å². The van der Waals surface area contributed by atoms with Gasteiger partial charge in [-0.25, -0.2) is 8.78 Å². The number of carboxylic acids is 1. The van der Waals surface area contributed by atoms with Crippen LogP contribution in [0.25, 0.3) is 0 Å². The van der Waals surface area contributed by atoms with E-state index in [2.05, 4.69) is 0 Å². The zero-order valence-corrected chi connectivity index (χ0v) is 11.1. The maximum atomic E-state index is 13.8. The molecule has 0 saturated carbocycles. The van der Waals surface area contributed by atoms with Crippen molar-refractivity contribution < 1.29 is 18.7 Å². The second kappa shape index (κ2) is 6.17. The lowest BCUT2D eigenvalue weighted by Crippen LogP contribution is -2.47. The molecule has 1 aliphatic heterocycles. The van der Waals surface area contributed by atoms with Crippen molar-refractivity contribution >= 4 is 11.7 Å². The van der Waals surface area contributed by atoms with Gasteiger partial charge in [0.25, 0.3) is 0 Å². The summed E-state index contributed by atoms with van der Waals surface area (Å²) in [7, 11) is 0. The van der Waals surface area contributed by atoms with E-state index in [0.717, 1.165) is 12.5 Å². The molecule has 1 aliphatic rings. The number of rotatable bonds is 4. The van der Waals surface area contributed by atoms with Gasteiger partial charge in [0.1, 0.15) is 11.6 Å². The van der Waals surface area contributed by atoms with E-state index in [1.54, 1.807) is 4.90 Å². The molecule has 4 nitrogen and oxygen atoms in total. The average molecular weight is 284 g/mol. The van der Waals surface area contributed by atoms with Crippen LogP contribution in [0.5, 0.6) is 0 Å². The van der Waals surface area contributed by atoms with Crippen LogP contribution in [0.2, 0.25) is 0 Å². The van der Waals surface area contributed by atoms with Gasteiger partial charge in [0.2, 0.25) is 0 Å². The summed E-state index contributed by atoms with van der Waals surface area (Å²) >= 11 is 0. The number of hydrogen-bond acceptors (Lipinski definition) is 3. The molecule has 0 radical (unpaired) electrons. The fraction of sp³-hybridized carbons (Fsp3) is 0.500. The molecule has 0 bridgehead atoms. The van der Waals surface area contributed by atoms with E-state index >= 15 is 0 Å². The highest BCUT2D eigenvalue weighted by atomic mass is 19.1. The minimum Gasteiger partial charge on any atom is -0.481 e. The van der Waals surface area contributed by atoms with E-state index in [0.29, 0.717) is 25.2 Å². The number of carbonyl (C=O) groups is 1. The molecule has 2 unspecified atom stereocenters. The van der Waals surface area contributed by atoms with Crippen molar-refractivity contribution in [1.29, 1.82) is 0 Å². The van der Waals surface area contributed by atoms with E-state index in [9.17, 15) is 13.6 Å². The predicted molar refractivity (Wildman–Crippen MR) is 71.5 cm³/mol. The smallest absolute Gasteiger partial charge is 0.303 e. The number of hydrogen-bond donors (Lipinski definition) is 2. The Morgan fingerprint density at radius 1 is 1.40 bits per heavy atom. The van der Waals surface area contributed by atoms with Crippen molar-refractivity contribution in [3.05, 3.63) is 29.8 Å². The molecule has 0 amide bonds. The number of anilines is 1. The van der Waals surface area contributed by atoms with Gasteiger partial charge in [-0.2, -0.15) is 0 Å². The first-order chi connectivity index (χ1) is 9.45. The topological polar surface area (TPSA) is 66.6 Å².